The van der Waals surface area contributed by atoms with Gasteiger partial charge in [-0.3, -0.25) is 4.90 Å². The Kier molecular flexibility index (Phi) is 4.59. The summed E-state index contributed by atoms with van der Waals surface area (Å²) in [5.74, 6) is 0.810. The normalized spacial score (nSPS) is 14.6. The molecule has 2 aromatic heterocycles. The summed E-state index contributed by atoms with van der Waals surface area (Å²) in [6.45, 7) is 5.30. The van der Waals surface area contributed by atoms with Gasteiger partial charge in [0, 0.05) is 53.5 Å². The second-order valence-electron chi connectivity index (χ2n) is 7.20. The molecule has 1 aliphatic heterocycles. The molecule has 0 unspecified atom stereocenters. The summed E-state index contributed by atoms with van der Waals surface area (Å²) in [6.07, 6.45) is 3.96. The number of rotatable bonds is 3. The number of nitrogens with zero attached hydrogens (tertiary/aromatic N) is 3. The van der Waals surface area contributed by atoms with Crippen LogP contribution in [-0.4, -0.2) is 27.0 Å². The average Bonchev–Trinajstić information content (AvgIpc) is 3.27. The monoisotopic (exact) mass is 409 g/mol. The lowest BCUT2D eigenvalue weighted by atomic mass is 10.1. The van der Waals surface area contributed by atoms with Crippen LogP contribution in [0.3, 0.4) is 0 Å². The first-order valence-corrected chi connectivity index (χ1v) is 10.5. The Morgan fingerprint density at radius 1 is 1.18 bits per heavy atom. The molecule has 0 spiro atoms. The molecule has 0 amide bonds. The molecule has 0 radical (unpaired) electrons. The maximum absolute atomic E-state index is 6.64. The molecule has 0 aliphatic carbocycles. The number of benzene rings is 2. The number of hydrogen-bond acceptors (Lipinski definition) is 4. The summed E-state index contributed by atoms with van der Waals surface area (Å²) in [5.41, 5.74) is 4.62. The molecule has 4 nitrogen and oxygen atoms in total. The maximum atomic E-state index is 6.64. The third-order valence-corrected chi connectivity index (χ3v) is 6.16. The van der Waals surface area contributed by atoms with Gasteiger partial charge in [-0.15, -0.1) is 0 Å². The predicted molar refractivity (Wildman–Crippen MR) is 115 cm³/mol. The Hall–Kier alpha value is -2.34. The van der Waals surface area contributed by atoms with E-state index in [0.717, 1.165) is 36.6 Å². The number of fused-ring (bicyclic) bond motifs is 2. The van der Waals surface area contributed by atoms with Gasteiger partial charge in [0.1, 0.15) is 12.4 Å². The van der Waals surface area contributed by atoms with Crippen LogP contribution in [-0.2, 0) is 13.1 Å². The molecule has 1 aliphatic rings. The van der Waals surface area contributed by atoms with Crippen molar-refractivity contribution in [1.82, 2.24) is 13.8 Å². The molecule has 0 saturated carbocycles. The number of aryl methyl sites for hydroxylation is 1. The van der Waals surface area contributed by atoms with Crippen molar-refractivity contribution >= 4 is 34.0 Å². The van der Waals surface area contributed by atoms with E-state index in [1.807, 2.05) is 12.3 Å². The topological polar surface area (TPSA) is 30.3 Å². The largest absolute Gasteiger partial charge is 0.490 e. The van der Waals surface area contributed by atoms with Crippen LogP contribution >= 0.6 is 23.1 Å². The summed E-state index contributed by atoms with van der Waals surface area (Å²) in [5, 5.41) is 1.90. The lowest BCUT2D eigenvalue weighted by Gasteiger charge is -2.18. The van der Waals surface area contributed by atoms with Crippen LogP contribution in [0, 0.1) is 6.92 Å². The van der Waals surface area contributed by atoms with Crippen LogP contribution in [0.2, 0.25) is 5.02 Å². The van der Waals surface area contributed by atoms with Gasteiger partial charge in [0.25, 0.3) is 0 Å². The van der Waals surface area contributed by atoms with Crippen molar-refractivity contribution in [1.29, 1.82) is 0 Å². The van der Waals surface area contributed by atoms with Gasteiger partial charge >= 0.3 is 0 Å². The lowest BCUT2D eigenvalue weighted by molar-refractivity contribution is 0.221. The Morgan fingerprint density at radius 3 is 2.96 bits per heavy atom. The first-order valence-electron chi connectivity index (χ1n) is 9.32. The van der Waals surface area contributed by atoms with E-state index in [2.05, 4.69) is 63.4 Å². The van der Waals surface area contributed by atoms with Crippen LogP contribution in [0.15, 0.2) is 54.9 Å². The molecule has 142 valence electrons. The smallest absolute Gasteiger partial charge is 0.142 e. The average molecular weight is 410 g/mol. The maximum Gasteiger partial charge on any atom is 0.142 e. The molecule has 28 heavy (non-hydrogen) atoms. The summed E-state index contributed by atoms with van der Waals surface area (Å²) in [7, 11) is 0. The SMILES string of the molecule is Cc1ccc2c(ccn2-c2cc(Cl)c3c(c2)CN(Cc2ccns2)CCO3)c1. The molecule has 3 heterocycles. The highest BCUT2D eigenvalue weighted by atomic mass is 35.5. The van der Waals surface area contributed by atoms with Crippen molar-refractivity contribution in [3.05, 3.63) is 75.9 Å². The fraction of sp³-hybridized carbons (Fsp3) is 0.227. The van der Waals surface area contributed by atoms with Crippen molar-refractivity contribution in [3.63, 3.8) is 0 Å². The van der Waals surface area contributed by atoms with Crippen molar-refractivity contribution in [3.8, 4) is 11.4 Å². The highest BCUT2D eigenvalue weighted by molar-refractivity contribution is 7.05. The molecule has 0 saturated heterocycles. The van der Waals surface area contributed by atoms with Gasteiger partial charge < -0.3 is 9.30 Å². The van der Waals surface area contributed by atoms with Crippen LogP contribution in [0.5, 0.6) is 5.75 Å². The van der Waals surface area contributed by atoms with E-state index in [4.69, 9.17) is 16.3 Å². The third-order valence-electron chi connectivity index (χ3n) is 5.15. The number of aromatic nitrogens is 2. The van der Waals surface area contributed by atoms with Crippen molar-refractivity contribution in [2.75, 3.05) is 13.2 Å². The molecule has 4 aromatic rings. The van der Waals surface area contributed by atoms with E-state index in [1.165, 1.54) is 21.3 Å². The second-order valence-corrected chi connectivity index (χ2v) is 8.53. The molecule has 0 fully saturated rings. The van der Waals surface area contributed by atoms with Crippen molar-refractivity contribution < 1.29 is 4.74 Å². The molecule has 6 heteroatoms. The van der Waals surface area contributed by atoms with Gasteiger partial charge in [0.2, 0.25) is 0 Å². The highest BCUT2D eigenvalue weighted by Crippen LogP contribution is 2.35. The summed E-state index contributed by atoms with van der Waals surface area (Å²) in [6, 6.07) is 14.9. The molecular weight excluding hydrogens is 390 g/mol. The van der Waals surface area contributed by atoms with Gasteiger partial charge in [0.05, 0.1) is 10.5 Å². The third kappa shape index (κ3) is 3.30. The summed E-state index contributed by atoms with van der Waals surface area (Å²) >= 11 is 8.19. The Morgan fingerprint density at radius 2 is 2.11 bits per heavy atom. The first-order chi connectivity index (χ1) is 13.7. The number of hydrogen-bond donors (Lipinski definition) is 0. The van der Waals surface area contributed by atoms with Gasteiger partial charge in [0.15, 0.2) is 0 Å². The minimum absolute atomic E-state index is 0.636. The van der Waals surface area contributed by atoms with Crippen LogP contribution in [0.25, 0.3) is 16.6 Å². The molecule has 5 rings (SSSR count). The summed E-state index contributed by atoms with van der Waals surface area (Å²) in [4.78, 5) is 3.65. The zero-order valence-corrected chi connectivity index (χ0v) is 17.1. The van der Waals surface area contributed by atoms with Gasteiger partial charge in [-0.25, -0.2) is 4.37 Å². The molecular formula is C22H20ClN3OS. The number of ether oxygens (including phenoxy) is 1. The lowest BCUT2D eigenvalue weighted by Crippen LogP contribution is -2.24. The van der Waals surface area contributed by atoms with Crippen molar-refractivity contribution in [2.24, 2.45) is 0 Å². The Bertz CT molecular complexity index is 1140. The van der Waals surface area contributed by atoms with E-state index < -0.39 is 0 Å². The van der Waals surface area contributed by atoms with E-state index in [0.29, 0.717) is 11.6 Å². The van der Waals surface area contributed by atoms with E-state index in [1.54, 1.807) is 11.5 Å². The van der Waals surface area contributed by atoms with E-state index in [9.17, 15) is 0 Å². The zero-order valence-electron chi connectivity index (χ0n) is 15.6. The van der Waals surface area contributed by atoms with Crippen LogP contribution in [0.1, 0.15) is 16.0 Å². The summed E-state index contributed by atoms with van der Waals surface area (Å²) < 4.78 is 12.4. The fourth-order valence-electron chi connectivity index (χ4n) is 3.82. The zero-order chi connectivity index (χ0) is 19.1. The Balaban J connectivity index is 1.53. The number of halogens is 1. The molecule has 0 atom stereocenters. The molecule has 0 bridgehead atoms. The first kappa shape index (κ1) is 17.7. The standard InChI is InChI=1S/C22H20ClN3OS/c1-15-2-3-21-16(10-15)5-7-26(21)18-11-17-13-25(14-19-4-6-24-28-19)8-9-27-22(17)20(23)12-18/h2-7,10-12H,8-9,13-14H2,1H3. The van der Waals surface area contributed by atoms with Crippen LogP contribution < -0.4 is 4.74 Å². The second kappa shape index (κ2) is 7.24. The van der Waals surface area contributed by atoms with E-state index >= 15 is 0 Å². The van der Waals surface area contributed by atoms with Gasteiger partial charge in [-0.05, 0) is 54.9 Å². The quantitative estimate of drug-likeness (QED) is 0.451. The Labute approximate surface area is 173 Å². The minimum Gasteiger partial charge on any atom is -0.490 e. The van der Waals surface area contributed by atoms with Gasteiger partial charge in [-0.1, -0.05) is 23.2 Å². The van der Waals surface area contributed by atoms with E-state index in [-0.39, 0.29) is 0 Å². The van der Waals surface area contributed by atoms with Gasteiger partial charge in [-0.2, -0.15) is 0 Å². The molecule has 0 N–H and O–H groups in total. The minimum atomic E-state index is 0.636. The van der Waals surface area contributed by atoms with Crippen molar-refractivity contribution in [2.45, 2.75) is 20.0 Å². The molecule has 2 aromatic carbocycles. The highest BCUT2D eigenvalue weighted by Gasteiger charge is 2.20. The van der Waals surface area contributed by atoms with Crippen LogP contribution in [0.4, 0.5) is 0 Å². The predicted octanol–water partition coefficient (Wildman–Crippen LogP) is 5.44. The fourth-order valence-corrected chi connectivity index (χ4v) is 4.72.